The zero-order chi connectivity index (χ0) is 22.5. The Labute approximate surface area is 189 Å². The number of hydrogen-bond acceptors (Lipinski definition) is 4. The number of benzene rings is 2. The van der Waals surface area contributed by atoms with Crippen LogP contribution in [0.1, 0.15) is 22.5 Å². The second-order valence-electron chi connectivity index (χ2n) is 8.44. The number of fused-ring (bicyclic) bond motifs is 1. The monoisotopic (exact) mass is 429 g/mol. The summed E-state index contributed by atoms with van der Waals surface area (Å²) in [5.41, 5.74) is 5.78. The molecule has 0 spiro atoms. The summed E-state index contributed by atoms with van der Waals surface area (Å²) < 4.78 is 8.05. The summed E-state index contributed by atoms with van der Waals surface area (Å²) in [4.78, 5) is 6.43. The first kappa shape index (κ1) is 22.1. The first-order chi connectivity index (χ1) is 15.5. The molecule has 0 aliphatic carbocycles. The lowest BCUT2D eigenvalue weighted by molar-refractivity contribution is 0.108. The third-order valence-corrected chi connectivity index (χ3v) is 5.95. The fourth-order valence-corrected chi connectivity index (χ4v) is 4.18. The Bertz CT molecular complexity index is 1150. The fourth-order valence-electron chi connectivity index (χ4n) is 4.18. The number of rotatable bonds is 9. The zero-order valence-corrected chi connectivity index (χ0v) is 19.0. The van der Waals surface area contributed by atoms with Crippen LogP contribution in [0.3, 0.4) is 0 Å². The van der Waals surface area contributed by atoms with Crippen LogP contribution in [0.5, 0.6) is 5.75 Å². The SMILES string of the molecule is Cc1c(C)n(CC(O)CN(C)Cc2ccc(OCc3ccccn3)cc2)c2ccccc12. The fraction of sp³-hybridized carbons (Fsp3) is 0.296. The Kier molecular flexibility index (Phi) is 6.88. The maximum Gasteiger partial charge on any atom is 0.130 e. The van der Waals surface area contributed by atoms with Gasteiger partial charge in [0.1, 0.15) is 12.4 Å². The Hall–Kier alpha value is -3.15. The number of hydrogen-bond donors (Lipinski definition) is 1. The van der Waals surface area contributed by atoms with Crippen LogP contribution in [0.15, 0.2) is 72.9 Å². The lowest BCUT2D eigenvalue weighted by Crippen LogP contribution is -2.32. The van der Waals surface area contributed by atoms with Crippen LogP contribution in [0.2, 0.25) is 0 Å². The molecule has 0 amide bonds. The summed E-state index contributed by atoms with van der Waals surface area (Å²) >= 11 is 0. The minimum absolute atomic E-state index is 0.449. The first-order valence-corrected chi connectivity index (χ1v) is 11.0. The summed E-state index contributed by atoms with van der Waals surface area (Å²) in [6.45, 7) is 6.69. The molecule has 0 saturated heterocycles. The molecule has 2 aromatic heterocycles. The van der Waals surface area contributed by atoms with Crippen molar-refractivity contribution in [3.8, 4) is 5.75 Å². The molecule has 4 aromatic rings. The van der Waals surface area contributed by atoms with Crippen molar-refractivity contribution in [2.24, 2.45) is 0 Å². The Balaban J connectivity index is 1.31. The van der Waals surface area contributed by atoms with Crippen LogP contribution in [-0.2, 0) is 19.7 Å². The van der Waals surface area contributed by atoms with Gasteiger partial charge in [-0.2, -0.15) is 0 Å². The lowest BCUT2D eigenvalue weighted by Gasteiger charge is -2.22. The van der Waals surface area contributed by atoms with E-state index >= 15 is 0 Å². The maximum atomic E-state index is 10.8. The van der Waals surface area contributed by atoms with E-state index < -0.39 is 6.10 Å². The molecule has 0 fully saturated rings. The lowest BCUT2D eigenvalue weighted by atomic mass is 10.2. The smallest absolute Gasteiger partial charge is 0.130 e. The quantitative estimate of drug-likeness (QED) is 0.418. The van der Waals surface area contributed by atoms with Crippen LogP contribution in [0, 0.1) is 13.8 Å². The summed E-state index contributed by atoms with van der Waals surface area (Å²) in [5, 5.41) is 12.0. The van der Waals surface area contributed by atoms with Gasteiger partial charge in [-0.3, -0.25) is 9.88 Å². The number of aliphatic hydroxyl groups excluding tert-OH is 1. The van der Waals surface area contributed by atoms with E-state index in [9.17, 15) is 5.11 Å². The second kappa shape index (κ2) is 9.98. The van der Waals surface area contributed by atoms with Gasteiger partial charge in [-0.15, -0.1) is 0 Å². The molecule has 2 heterocycles. The molecular weight excluding hydrogens is 398 g/mol. The van der Waals surface area contributed by atoms with E-state index in [0.717, 1.165) is 18.0 Å². The minimum Gasteiger partial charge on any atom is -0.487 e. The number of aromatic nitrogens is 2. The molecule has 0 aliphatic heterocycles. The minimum atomic E-state index is -0.449. The number of likely N-dealkylation sites (N-methyl/N-ethyl adjacent to an activating group) is 1. The number of aliphatic hydroxyl groups is 1. The number of pyridine rings is 1. The van der Waals surface area contributed by atoms with Gasteiger partial charge in [0.15, 0.2) is 0 Å². The van der Waals surface area contributed by atoms with Crippen LogP contribution in [0.25, 0.3) is 10.9 Å². The molecule has 32 heavy (non-hydrogen) atoms. The van der Waals surface area contributed by atoms with Gasteiger partial charge in [0.2, 0.25) is 0 Å². The van der Waals surface area contributed by atoms with Crippen LogP contribution in [-0.4, -0.2) is 39.3 Å². The Morgan fingerprint density at radius 2 is 1.75 bits per heavy atom. The summed E-state index contributed by atoms with van der Waals surface area (Å²) in [5.74, 6) is 0.826. The van der Waals surface area contributed by atoms with Gasteiger partial charge in [0, 0.05) is 35.9 Å². The molecule has 4 rings (SSSR count). The van der Waals surface area contributed by atoms with Gasteiger partial charge >= 0.3 is 0 Å². The van der Waals surface area contributed by atoms with Crippen molar-refractivity contribution < 1.29 is 9.84 Å². The van der Waals surface area contributed by atoms with Crippen molar-refractivity contribution in [1.82, 2.24) is 14.5 Å². The van der Waals surface area contributed by atoms with Crippen molar-refractivity contribution in [1.29, 1.82) is 0 Å². The number of nitrogens with zero attached hydrogens (tertiary/aromatic N) is 3. The Morgan fingerprint density at radius 1 is 1.00 bits per heavy atom. The molecule has 0 saturated carbocycles. The molecule has 166 valence electrons. The first-order valence-electron chi connectivity index (χ1n) is 11.0. The molecule has 1 unspecified atom stereocenters. The van der Waals surface area contributed by atoms with E-state index in [4.69, 9.17) is 4.74 Å². The molecular formula is C27H31N3O2. The third-order valence-electron chi connectivity index (χ3n) is 5.95. The average Bonchev–Trinajstić information content (AvgIpc) is 3.04. The highest BCUT2D eigenvalue weighted by molar-refractivity contribution is 5.85. The second-order valence-corrected chi connectivity index (χ2v) is 8.44. The van der Waals surface area contributed by atoms with Gasteiger partial charge in [0.05, 0.1) is 18.3 Å². The third kappa shape index (κ3) is 5.18. The highest BCUT2D eigenvalue weighted by atomic mass is 16.5. The van der Waals surface area contributed by atoms with Crippen LogP contribution in [0.4, 0.5) is 0 Å². The van der Waals surface area contributed by atoms with Gasteiger partial charge in [-0.05, 0) is 62.4 Å². The standard InChI is InChI=1S/C27H31N3O2/c1-20-21(2)30(27-10-5-4-9-26(20)27)18-24(31)17-29(3)16-22-11-13-25(14-12-22)32-19-23-8-6-7-15-28-23/h4-15,24,31H,16-19H2,1-3H3. The maximum absolute atomic E-state index is 10.8. The van der Waals surface area contributed by atoms with E-state index in [2.05, 4.69) is 64.7 Å². The molecule has 1 atom stereocenters. The molecule has 2 aromatic carbocycles. The highest BCUT2D eigenvalue weighted by Gasteiger charge is 2.15. The van der Waals surface area contributed by atoms with Crippen molar-refractivity contribution in [3.63, 3.8) is 0 Å². The molecule has 0 aliphatic rings. The summed E-state index contributed by atoms with van der Waals surface area (Å²) in [7, 11) is 2.04. The van der Waals surface area contributed by atoms with Gasteiger partial charge in [-0.25, -0.2) is 0 Å². The van der Waals surface area contributed by atoms with Crippen LogP contribution >= 0.6 is 0 Å². The van der Waals surface area contributed by atoms with Crippen molar-refractivity contribution in [2.45, 2.75) is 39.6 Å². The van der Waals surface area contributed by atoms with Crippen molar-refractivity contribution in [3.05, 3.63) is 95.4 Å². The number of aryl methyl sites for hydroxylation is 1. The number of ether oxygens (including phenoxy) is 1. The molecule has 0 bridgehead atoms. The Morgan fingerprint density at radius 3 is 2.50 bits per heavy atom. The number of para-hydroxylation sites is 1. The summed E-state index contributed by atoms with van der Waals surface area (Å²) in [6.07, 6.45) is 1.32. The zero-order valence-electron chi connectivity index (χ0n) is 19.0. The highest BCUT2D eigenvalue weighted by Crippen LogP contribution is 2.25. The van der Waals surface area contributed by atoms with Gasteiger partial charge in [0.25, 0.3) is 0 Å². The normalized spacial score (nSPS) is 12.4. The summed E-state index contributed by atoms with van der Waals surface area (Å²) in [6, 6.07) is 22.3. The van der Waals surface area contributed by atoms with Gasteiger partial charge in [-0.1, -0.05) is 36.4 Å². The predicted octanol–water partition coefficient (Wildman–Crippen LogP) is 4.73. The molecule has 5 nitrogen and oxygen atoms in total. The average molecular weight is 430 g/mol. The molecule has 1 N–H and O–H groups in total. The van der Waals surface area contributed by atoms with E-state index in [1.807, 2.05) is 37.4 Å². The van der Waals surface area contributed by atoms with E-state index in [1.165, 1.54) is 27.7 Å². The van der Waals surface area contributed by atoms with Crippen LogP contribution < -0.4 is 4.74 Å². The van der Waals surface area contributed by atoms with E-state index in [-0.39, 0.29) is 0 Å². The molecule has 0 radical (unpaired) electrons. The van der Waals surface area contributed by atoms with E-state index in [1.54, 1.807) is 6.20 Å². The van der Waals surface area contributed by atoms with Crippen molar-refractivity contribution >= 4 is 10.9 Å². The van der Waals surface area contributed by atoms with E-state index in [0.29, 0.717) is 19.7 Å². The largest absolute Gasteiger partial charge is 0.487 e. The molecule has 5 heteroatoms. The van der Waals surface area contributed by atoms with Gasteiger partial charge < -0.3 is 14.4 Å². The van der Waals surface area contributed by atoms with Crippen molar-refractivity contribution in [2.75, 3.05) is 13.6 Å². The predicted molar refractivity (Wildman–Crippen MR) is 129 cm³/mol. The topological polar surface area (TPSA) is 50.5 Å².